The number of nitrogens with two attached hydrogens (primary N) is 1. The fourth-order valence-electron chi connectivity index (χ4n) is 3.25. The van der Waals surface area contributed by atoms with Crippen LogP contribution in [0.25, 0.3) is 0 Å². The van der Waals surface area contributed by atoms with E-state index in [0.29, 0.717) is 18.8 Å². The molecule has 1 atom stereocenters. The van der Waals surface area contributed by atoms with Crippen molar-refractivity contribution in [3.8, 4) is 5.75 Å². The molecule has 1 heterocycles. The van der Waals surface area contributed by atoms with Crippen LogP contribution in [-0.2, 0) is 14.8 Å². The molecule has 0 aliphatic carbocycles. The SMILES string of the molecule is Cc1cc(S(=O)(=O)N2CCCCC2CNC(=O)CCN)ccc1OC(C)C.Cl. The quantitative estimate of drug-likeness (QED) is 0.654. The predicted molar refractivity (Wildman–Crippen MR) is 112 cm³/mol. The lowest BCUT2D eigenvalue weighted by Crippen LogP contribution is -2.49. The fourth-order valence-corrected chi connectivity index (χ4v) is 5.03. The van der Waals surface area contributed by atoms with Gasteiger partial charge in [-0.3, -0.25) is 4.79 Å². The number of halogens is 1. The molecule has 0 spiro atoms. The Morgan fingerprint density at radius 1 is 1.36 bits per heavy atom. The number of piperidine rings is 1. The average Bonchev–Trinajstić information content (AvgIpc) is 2.61. The van der Waals surface area contributed by atoms with Crippen LogP contribution >= 0.6 is 12.4 Å². The van der Waals surface area contributed by atoms with Crippen molar-refractivity contribution in [1.82, 2.24) is 9.62 Å². The molecule has 1 saturated heterocycles. The van der Waals surface area contributed by atoms with Crippen molar-refractivity contribution in [1.29, 1.82) is 0 Å². The summed E-state index contributed by atoms with van der Waals surface area (Å²) in [4.78, 5) is 12.0. The van der Waals surface area contributed by atoms with Crippen LogP contribution < -0.4 is 15.8 Å². The molecule has 160 valence electrons. The number of rotatable bonds is 8. The predicted octanol–water partition coefficient (Wildman–Crippen LogP) is 2.21. The smallest absolute Gasteiger partial charge is 0.243 e. The summed E-state index contributed by atoms with van der Waals surface area (Å²) in [5.41, 5.74) is 6.18. The summed E-state index contributed by atoms with van der Waals surface area (Å²) in [6, 6.07) is 4.73. The molecule has 2 rings (SSSR count). The molecule has 1 aromatic rings. The van der Waals surface area contributed by atoms with Crippen molar-refractivity contribution in [2.45, 2.75) is 63.5 Å². The summed E-state index contributed by atoms with van der Waals surface area (Å²) in [6.07, 6.45) is 2.77. The van der Waals surface area contributed by atoms with Gasteiger partial charge in [0, 0.05) is 32.1 Å². The highest BCUT2D eigenvalue weighted by molar-refractivity contribution is 7.89. The molecular formula is C19H32ClN3O4S. The normalized spacial score (nSPS) is 17.8. The van der Waals surface area contributed by atoms with Gasteiger partial charge < -0.3 is 15.8 Å². The molecule has 9 heteroatoms. The first-order valence-corrected chi connectivity index (χ1v) is 11.0. The Bertz CT molecular complexity index is 756. The van der Waals surface area contributed by atoms with Crippen LogP contribution in [0.4, 0.5) is 0 Å². The number of sulfonamides is 1. The number of hydrogen-bond acceptors (Lipinski definition) is 5. The Balaban J connectivity index is 0.00000392. The van der Waals surface area contributed by atoms with Gasteiger partial charge in [0.2, 0.25) is 15.9 Å². The van der Waals surface area contributed by atoms with Crippen LogP contribution in [0.15, 0.2) is 23.1 Å². The second-order valence-corrected chi connectivity index (χ2v) is 9.09. The highest BCUT2D eigenvalue weighted by Gasteiger charge is 2.33. The number of amides is 1. The van der Waals surface area contributed by atoms with Crippen LogP contribution in [-0.4, -0.2) is 50.4 Å². The van der Waals surface area contributed by atoms with Gasteiger partial charge in [-0.25, -0.2) is 8.42 Å². The number of hydrogen-bond donors (Lipinski definition) is 2. The minimum Gasteiger partial charge on any atom is -0.491 e. The van der Waals surface area contributed by atoms with Gasteiger partial charge in [-0.2, -0.15) is 4.31 Å². The number of ether oxygens (including phenoxy) is 1. The van der Waals surface area contributed by atoms with Crippen molar-refractivity contribution in [3.05, 3.63) is 23.8 Å². The minimum absolute atomic E-state index is 0. The molecule has 3 N–H and O–H groups in total. The first-order valence-electron chi connectivity index (χ1n) is 9.51. The van der Waals surface area contributed by atoms with E-state index >= 15 is 0 Å². The number of carbonyl (C=O) groups is 1. The molecule has 0 aromatic heterocycles. The second kappa shape index (κ2) is 11.0. The van der Waals surface area contributed by atoms with Gasteiger partial charge in [-0.15, -0.1) is 12.4 Å². The van der Waals surface area contributed by atoms with E-state index in [4.69, 9.17) is 10.5 Å². The summed E-state index contributed by atoms with van der Waals surface area (Å²) in [7, 11) is -3.64. The summed E-state index contributed by atoms with van der Waals surface area (Å²) in [5, 5.41) is 2.80. The van der Waals surface area contributed by atoms with E-state index in [9.17, 15) is 13.2 Å². The average molecular weight is 434 g/mol. The number of benzene rings is 1. The third-order valence-corrected chi connectivity index (χ3v) is 6.54. The Morgan fingerprint density at radius 3 is 2.68 bits per heavy atom. The zero-order valence-electron chi connectivity index (χ0n) is 16.8. The standard InChI is InChI=1S/C19H31N3O4S.ClH/c1-14(2)26-18-8-7-17(12-15(18)3)27(24,25)22-11-5-4-6-16(22)13-21-19(23)9-10-20;/h7-8,12,14,16H,4-6,9-11,13,20H2,1-3H3,(H,21,23);1H. The highest BCUT2D eigenvalue weighted by Crippen LogP contribution is 2.28. The summed E-state index contributed by atoms with van der Waals surface area (Å²) in [5.74, 6) is 0.541. The van der Waals surface area contributed by atoms with Crippen molar-refractivity contribution >= 4 is 28.3 Å². The number of nitrogens with one attached hydrogen (secondary N) is 1. The molecule has 0 saturated carbocycles. The fraction of sp³-hybridized carbons (Fsp3) is 0.632. The van der Waals surface area contributed by atoms with Crippen LogP contribution in [0.1, 0.15) is 45.1 Å². The Hall–Kier alpha value is -1.35. The maximum atomic E-state index is 13.2. The van der Waals surface area contributed by atoms with Gasteiger partial charge in [-0.05, 0) is 57.4 Å². The summed E-state index contributed by atoms with van der Waals surface area (Å²) >= 11 is 0. The third kappa shape index (κ3) is 6.34. The van der Waals surface area contributed by atoms with Crippen LogP contribution in [0, 0.1) is 6.92 Å². The van der Waals surface area contributed by atoms with Gasteiger partial charge in [-0.1, -0.05) is 6.42 Å². The zero-order valence-corrected chi connectivity index (χ0v) is 18.4. The molecule has 1 aliphatic heterocycles. The number of carbonyl (C=O) groups excluding carboxylic acids is 1. The van der Waals surface area contributed by atoms with E-state index in [1.54, 1.807) is 18.2 Å². The van der Waals surface area contributed by atoms with Crippen molar-refractivity contribution in [2.24, 2.45) is 5.73 Å². The van der Waals surface area contributed by atoms with E-state index in [0.717, 1.165) is 24.8 Å². The van der Waals surface area contributed by atoms with Gasteiger partial charge in [0.25, 0.3) is 0 Å². The van der Waals surface area contributed by atoms with E-state index < -0.39 is 10.0 Å². The number of aryl methyl sites for hydroxylation is 1. The van der Waals surface area contributed by atoms with Crippen molar-refractivity contribution < 1.29 is 17.9 Å². The van der Waals surface area contributed by atoms with E-state index in [-0.39, 0.29) is 48.3 Å². The molecule has 1 unspecified atom stereocenters. The Labute approximate surface area is 174 Å². The van der Waals surface area contributed by atoms with E-state index in [2.05, 4.69) is 5.32 Å². The molecule has 28 heavy (non-hydrogen) atoms. The lowest BCUT2D eigenvalue weighted by Gasteiger charge is -2.35. The maximum Gasteiger partial charge on any atom is 0.243 e. The molecule has 0 bridgehead atoms. The van der Waals surface area contributed by atoms with Crippen LogP contribution in [0.5, 0.6) is 5.75 Å². The monoisotopic (exact) mass is 433 g/mol. The van der Waals surface area contributed by atoms with E-state index in [1.165, 1.54) is 4.31 Å². The van der Waals surface area contributed by atoms with Gasteiger partial charge in [0.15, 0.2) is 0 Å². The molecule has 1 amide bonds. The summed E-state index contributed by atoms with van der Waals surface area (Å²) < 4.78 is 33.6. The summed E-state index contributed by atoms with van der Waals surface area (Å²) in [6.45, 7) is 6.76. The van der Waals surface area contributed by atoms with Gasteiger partial charge in [0.1, 0.15) is 5.75 Å². The van der Waals surface area contributed by atoms with Crippen LogP contribution in [0.2, 0.25) is 0 Å². The molecule has 1 aliphatic rings. The minimum atomic E-state index is -3.64. The lowest BCUT2D eigenvalue weighted by molar-refractivity contribution is -0.121. The van der Waals surface area contributed by atoms with Gasteiger partial charge >= 0.3 is 0 Å². The van der Waals surface area contributed by atoms with Crippen LogP contribution in [0.3, 0.4) is 0 Å². The molecule has 1 fully saturated rings. The Morgan fingerprint density at radius 2 is 2.07 bits per heavy atom. The second-order valence-electron chi connectivity index (χ2n) is 7.20. The van der Waals surface area contributed by atoms with E-state index in [1.807, 2.05) is 20.8 Å². The highest BCUT2D eigenvalue weighted by atomic mass is 35.5. The first kappa shape index (κ1) is 24.7. The Kier molecular flexibility index (Phi) is 9.69. The lowest BCUT2D eigenvalue weighted by atomic mass is 10.1. The third-order valence-electron chi connectivity index (χ3n) is 4.60. The molecule has 0 radical (unpaired) electrons. The van der Waals surface area contributed by atoms with Crippen molar-refractivity contribution in [3.63, 3.8) is 0 Å². The van der Waals surface area contributed by atoms with Gasteiger partial charge in [0.05, 0.1) is 11.0 Å². The zero-order chi connectivity index (χ0) is 20.0. The molecular weight excluding hydrogens is 402 g/mol. The molecule has 7 nitrogen and oxygen atoms in total. The largest absolute Gasteiger partial charge is 0.491 e. The maximum absolute atomic E-state index is 13.2. The molecule has 1 aromatic carbocycles. The number of nitrogens with zero attached hydrogens (tertiary/aromatic N) is 1. The first-order chi connectivity index (χ1) is 12.8. The topological polar surface area (TPSA) is 102 Å². The van der Waals surface area contributed by atoms with Crippen molar-refractivity contribution in [2.75, 3.05) is 19.6 Å².